The first kappa shape index (κ1) is 13.4. The third-order valence-corrected chi connectivity index (χ3v) is 4.41. The second-order valence-corrected chi connectivity index (χ2v) is 5.86. The number of fused-ring (bicyclic) bond motifs is 1. The Bertz CT molecular complexity index is 547. The van der Waals surface area contributed by atoms with E-state index in [1.807, 2.05) is 0 Å². The summed E-state index contributed by atoms with van der Waals surface area (Å²) in [6.07, 6.45) is 3.80. The molecule has 1 aliphatic carbocycles. The number of hydrogen-bond acceptors (Lipinski definition) is 1. The van der Waals surface area contributed by atoms with Crippen LogP contribution in [0.15, 0.2) is 54.6 Å². The molecule has 3 rings (SSSR count). The van der Waals surface area contributed by atoms with Crippen molar-refractivity contribution in [3.8, 4) is 0 Å². The third kappa shape index (κ3) is 2.94. The van der Waals surface area contributed by atoms with E-state index in [1.54, 1.807) is 0 Å². The van der Waals surface area contributed by atoms with E-state index in [2.05, 4.69) is 66.8 Å². The largest absolute Gasteiger partial charge is 0.309 e. The van der Waals surface area contributed by atoms with Crippen LogP contribution in [0.4, 0.5) is 0 Å². The summed E-state index contributed by atoms with van der Waals surface area (Å²) in [7, 11) is 0. The predicted octanol–water partition coefficient (Wildman–Crippen LogP) is 4.46. The first-order valence-electron chi connectivity index (χ1n) is 7.71. The first-order valence-corrected chi connectivity index (χ1v) is 7.71. The van der Waals surface area contributed by atoms with Crippen molar-refractivity contribution < 1.29 is 0 Å². The lowest BCUT2D eigenvalue weighted by molar-refractivity contribution is 0.446. The van der Waals surface area contributed by atoms with E-state index in [0.717, 1.165) is 6.54 Å². The van der Waals surface area contributed by atoms with Gasteiger partial charge in [0.2, 0.25) is 0 Å². The molecule has 0 bridgehead atoms. The summed E-state index contributed by atoms with van der Waals surface area (Å²) in [4.78, 5) is 0. The monoisotopic (exact) mass is 265 g/mol. The van der Waals surface area contributed by atoms with Crippen LogP contribution in [-0.2, 0) is 6.42 Å². The molecule has 1 N–H and O–H groups in total. The van der Waals surface area contributed by atoms with Crippen molar-refractivity contribution in [3.05, 3.63) is 71.3 Å². The molecule has 2 aromatic carbocycles. The molecule has 0 spiro atoms. The minimum absolute atomic E-state index is 0.533. The highest BCUT2D eigenvalue weighted by atomic mass is 14.9. The smallest absolute Gasteiger partial charge is 0.0323 e. The van der Waals surface area contributed by atoms with Gasteiger partial charge in [0.25, 0.3) is 0 Å². The van der Waals surface area contributed by atoms with E-state index in [1.165, 1.54) is 36.0 Å². The van der Waals surface area contributed by atoms with Crippen molar-refractivity contribution in [1.82, 2.24) is 5.32 Å². The normalized spacial score (nSPS) is 19.4. The summed E-state index contributed by atoms with van der Waals surface area (Å²) in [6, 6.07) is 20.2. The van der Waals surface area contributed by atoms with E-state index >= 15 is 0 Å². The molecular weight excluding hydrogens is 242 g/mol. The molecule has 1 unspecified atom stereocenters. The summed E-state index contributed by atoms with van der Waals surface area (Å²) in [5.74, 6) is 0.560. The van der Waals surface area contributed by atoms with E-state index in [-0.39, 0.29) is 0 Å². The Hall–Kier alpha value is -1.60. The van der Waals surface area contributed by atoms with E-state index < -0.39 is 0 Å². The molecule has 0 heterocycles. The standard InChI is InChI=1S/C19H23N/c1-15(16-8-3-2-4-9-16)14-20-19-13-7-11-17-10-5-6-12-18(17)19/h2-6,8-10,12,15,19-20H,7,11,13-14H2,1H3/t15?,19-/m0/s1. The second-order valence-electron chi connectivity index (χ2n) is 5.86. The molecule has 0 saturated heterocycles. The molecule has 2 atom stereocenters. The quantitative estimate of drug-likeness (QED) is 0.860. The van der Waals surface area contributed by atoms with Gasteiger partial charge in [0.05, 0.1) is 0 Å². The fraction of sp³-hybridized carbons (Fsp3) is 0.368. The lowest BCUT2D eigenvalue weighted by Gasteiger charge is -2.27. The topological polar surface area (TPSA) is 12.0 Å². The SMILES string of the molecule is CC(CN[C@H]1CCCc2ccccc21)c1ccccc1. The van der Waals surface area contributed by atoms with Crippen molar-refractivity contribution in [2.45, 2.75) is 38.1 Å². The average molecular weight is 265 g/mol. The van der Waals surface area contributed by atoms with Crippen LogP contribution in [0.5, 0.6) is 0 Å². The fourth-order valence-electron chi connectivity index (χ4n) is 3.18. The summed E-state index contributed by atoms with van der Waals surface area (Å²) >= 11 is 0. The first-order chi connectivity index (χ1) is 9.84. The maximum Gasteiger partial charge on any atom is 0.0323 e. The Morgan fingerprint density at radius 2 is 1.80 bits per heavy atom. The molecule has 0 aromatic heterocycles. The van der Waals surface area contributed by atoms with E-state index in [0.29, 0.717) is 12.0 Å². The summed E-state index contributed by atoms with van der Waals surface area (Å²) in [5, 5.41) is 3.78. The summed E-state index contributed by atoms with van der Waals surface area (Å²) in [5.41, 5.74) is 4.46. The molecule has 104 valence electrons. The molecule has 1 aliphatic rings. The maximum absolute atomic E-state index is 3.78. The molecular formula is C19H23N. The van der Waals surface area contributed by atoms with Crippen LogP contribution in [0.1, 0.15) is 48.4 Å². The molecule has 0 amide bonds. The van der Waals surface area contributed by atoms with Crippen LogP contribution in [0.2, 0.25) is 0 Å². The van der Waals surface area contributed by atoms with E-state index in [4.69, 9.17) is 0 Å². The van der Waals surface area contributed by atoms with Crippen LogP contribution < -0.4 is 5.32 Å². The number of hydrogen-bond donors (Lipinski definition) is 1. The van der Waals surface area contributed by atoms with Crippen LogP contribution in [-0.4, -0.2) is 6.54 Å². The maximum atomic E-state index is 3.78. The van der Waals surface area contributed by atoms with Gasteiger partial charge in [-0.2, -0.15) is 0 Å². The molecule has 0 aliphatic heterocycles. The Morgan fingerprint density at radius 3 is 2.65 bits per heavy atom. The van der Waals surface area contributed by atoms with Gasteiger partial charge >= 0.3 is 0 Å². The Labute approximate surface area is 122 Å². The van der Waals surface area contributed by atoms with Gasteiger partial charge in [0.15, 0.2) is 0 Å². The van der Waals surface area contributed by atoms with Crippen LogP contribution >= 0.6 is 0 Å². The predicted molar refractivity (Wildman–Crippen MR) is 85.0 cm³/mol. The van der Waals surface area contributed by atoms with Crippen LogP contribution in [0, 0.1) is 0 Å². The lowest BCUT2D eigenvalue weighted by atomic mass is 9.87. The fourth-order valence-corrected chi connectivity index (χ4v) is 3.18. The average Bonchev–Trinajstić information content (AvgIpc) is 2.53. The van der Waals surface area contributed by atoms with Gasteiger partial charge in [-0.25, -0.2) is 0 Å². The van der Waals surface area contributed by atoms with Crippen molar-refractivity contribution in [2.24, 2.45) is 0 Å². The molecule has 20 heavy (non-hydrogen) atoms. The van der Waals surface area contributed by atoms with Gasteiger partial charge in [-0.3, -0.25) is 0 Å². The molecule has 0 radical (unpaired) electrons. The van der Waals surface area contributed by atoms with Crippen molar-refractivity contribution >= 4 is 0 Å². The van der Waals surface area contributed by atoms with Crippen LogP contribution in [0.3, 0.4) is 0 Å². The summed E-state index contributed by atoms with van der Waals surface area (Å²) in [6.45, 7) is 3.35. The Kier molecular flexibility index (Phi) is 4.17. The Morgan fingerprint density at radius 1 is 1.05 bits per heavy atom. The molecule has 1 heteroatoms. The van der Waals surface area contributed by atoms with Gasteiger partial charge in [-0.05, 0) is 41.9 Å². The van der Waals surface area contributed by atoms with Gasteiger partial charge < -0.3 is 5.32 Å². The van der Waals surface area contributed by atoms with E-state index in [9.17, 15) is 0 Å². The van der Waals surface area contributed by atoms with Crippen molar-refractivity contribution in [3.63, 3.8) is 0 Å². The molecule has 0 fully saturated rings. The van der Waals surface area contributed by atoms with Crippen molar-refractivity contribution in [2.75, 3.05) is 6.54 Å². The van der Waals surface area contributed by atoms with Crippen LogP contribution in [0.25, 0.3) is 0 Å². The molecule has 1 nitrogen and oxygen atoms in total. The molecule has 2 aromatic rings. The zero-order chi connectivity index (χ0) is 13.8. The zero-order valence-electron chi connectivity index (χ0n) is 12.2. The van der Waals surface area contributed by atoms with Crippen molar-refractivity contribution in [1.29, 1.82) is 0 Å². The minimum atomic E-state index is 0.533. The highest BCUT2D eigenvalue weighted by molar-refractivity contribution is 5.32. The second kappa shape index (κ2) is 6.23. The summed E-state index contributed by atoms with van der Waals surface area (Å²) < 4.78 is 0. The van der Waals surface area contributed by atoms with Gasteiger partial charge in [0.1, 0.15) is 0 Å². The number of rotatable bonds is 4. The highest BCUT2D eigenvalue weighted by Gasteiger charge is 2.19. The number of benzene rings is 2. The van der Waals surface area contributed by atoms with Gasteiger partial charge in [-0.15, -0.1) is 0 Å². The number of aryl methyl sites for hydroxylation is 1. The Balaban J connectivity index is 1.65. The molecule has 0 saturated carbocycles. The highest BCUT2D eigenvalue weighted by Crippen LogP contribution is 2.29. The zero-order valence-corrected chi connectivity index (χ0v) is 12.2. The van der Waals surface area contributed by atoms with Gasteiger partial charge in [-0.1, -0.05) is 61.5 Å². The third-order valence-electron chi connectivity index (χ3n) is 4.41. The number of nitrogens with one attached hydrogen (secondary N) is 1. The van der Waals surface area contributed by atoms with Gasteiger partial charge in [0, 0.05) is 12.6 Å². The minimum Gasteiger partial charge on any atom is -0.309 e. The lowest BCUT2D eigenvalue weighted by Crippen LogP contribution is -2.28.